The number of rotatable bonds is 5. The fourth-order valence-corrected chi connectivity index (χ4v) is 2.00. The smallest absolute Gasteiger partial charge is 0.273 e. The Hall–Kier alpha value is -1.82. The summed E-state index contributed by atoms with van der Waals surface area (Å²) < 4.78 is 5.50. The monoisotopic (exact) mass is 251 g/mol. The molecule has 0 radical (unpaired) electrons. The summed E-state index contributed by atoms with van der Waals surface area (Å²) in [4.78, 5) is 10.4. The molecule has 0 spiro atoms. The first-order chi connectivity index (χ1) is 8.69. The lowest BCUT2D eigenvalue weighted by molar-refractivity contribution is -0.384. The van der Waals surface area contributed by atoms with Crippen molar-refractivity contribution in [3.8, 4) is 0 Å². The quantitative estimate of drug-likeness (QED) is 0.620. The summed E-state index contributed by atoms with van der Waals surface area (Å²) in [6, 6.07) is 4.90. The topological polar surface area (TPSA) is 76.4 Å². The fourth-order valence-electron chi connectivity index (χ4n) is 2.00. The Morgan fingerprint density at radius 3 is 2.83 bits per heavy atom. The van der Waals surface area contributed by atoms with Gasteiger partial charge in [0.05, 0.1) is 11.0 Å². The lowest BCUT2D eigenvalue weighted by Gasteiger charge is -2.12. The zero-order valence-corrected chi connectivity index (χ0v) is 10.3. The van der Waals surface area contributed by atoms with Crippen molar-refractivity contribution in [2.75, 3.05) is 30.8 Å². The number of hydrogen-bond acceptors (Lipinski definition) is 5. The Kier molecular flexibility index (Phi) is 3.99. The van der Waals surface area contributed by atoms with Crippen molar-refractivity contribution in [3.05, 3.63) is 28.3 Å². The molecule has 1 atom stereocenters. The van der Waals surface area contributed by atoms with E-state index in [9.17, 15) is 10.1 Å². The average Bonchev–Trinajstić information content (AvgIpc) is 2.89. The molecule has 1 aromatic rings. The van der Waals surface area contributed by atoms with E-state index in [1.54, 1.807) is 7.05 Å². The first kappa shape index (κ1) is 12.6. The van der Waals surface area contributed by atoms with Gasteiger partial charge in [-0.2, -0.15) is 0 Å². The van der Waals surface area contributed by atoms with Crippen LogP contribution in [0.1, 0.15) is 12.8 Å². The molecule has 2 rings (SSSR count). The summed E-state index contributed by atoms with van der Waals surface area (Å²) in [5.41, 5.74) is 1.54. The van der Waals surface area contributed by atoms with Crippen LogP contribution in [-0.2, 0) is 4.74 Å². The van der Waals surface area contributed by atoms with E-state index in [4.69, 9.17) is 4.74 Å². The van der Waals surface area contributed by atoms with Crippen molar-refractivity contribution >= 4 is 17.1 Å². The summed E-state index contributed by atoms with van der Waals surface area (Å²) in [5.74, 6) is 0. The van der Waals surface area contributed by atoms with E-state index in [1.165, 1.54) is 12.1 Å². The number of anilines is 2. The first-order valence-corrected chi connectivity index (χ1v) is 6.02. The second-order valence-corrected chi connectivity index (χ2v) is 4.29. The second-order valence-electron chi connectivity index (χ2n) is 4.29. The summed E-state index contributed by atoms with van der Waals surface area (Å²) in [7, 11) is 1.74. The number of hydrogen-bond donors (Lipinski definition) is 2. The highest BCUT2D eigenvalue weighted by Crippen LogP contribution is 2.24. The fraction of sp³-hybridized carbons (Fsp3) is 0.500. The van der Waals surface area contributed by atoms with Crippen molar-refractivity contribution in [1.82, 2.24) is 0 Å². The third-order valence-corrected chi connectivity index (χ3v) is 2.98. The van der Waals surface area contributed by atoms with Gasteiger partial charge in [0.15, 0.2) is 0 Å². The summed E-state index contributed by atoms with van der Waals surface area (Å²) in [5, 5.41) is 16.9. The van der Waals surface area contributed by atoms with Crippen LogP contribution in [0.25, 0.3) is 0 Å². The Morgan fingerprint density at radius 2 is 2.22 bits per heavy atom. The maximum Gasteiger partial charge on any atom is 0.273 e. The predicted octanol–water partition coefficient (Wildman–Crippen LogP) is 2.23. The average molecular weight is 251 g/mol. The number of ether oxygens (including phenoxy) is 1. The molecular weight excluding hydrogens is 234 g/mol. The molecule has 1 saturated heterocycles. The van der Waals surface area contributed by atoms with Gasteiger partial charge in [-0.1, -0.05) is 0 Å². The lowest BCUT2D eigenvalue weighted by Crippen LogP contribution is -2.18. The Labute approximate surface area is 105 Å². The van der Waals surface area contributed by atoms with Crippen molar-refractivity contribution in [3.63, 3.8) is 0 Å². The van der Waals surface area contributed by atoms with E-state index in [0.29, 0.717) is 6.54 Å². The van der Waals surface area contributed by atoms with Gasteiger partial charge in [-0.05, 0) is 18.9 Å². The molecule has 1 aliphatic heterocycles. The van der Waals surface area contributed by atoms with Gasteiger partial charge in [0.1, 0.15) is 0 Å². The molecule has 18 heavy (non-hydrogen) atoms. The number of non-ortho nitro benzene ring substituents is 1. The minimum absolute atomic E-state index is 0.0803. The van der Waals surface area contributed by atoms with Crippen LogP contribution in [0.3, 0.4) is 0 Å². The van der Waals surface area contributed by atoms with Crippen molar-refractivity contribution in [2.24, 2.45) is 0 Å². The molecule has 6 nitrogen and oxygen atoms in total. The highest BCUT2D eigenvalue weighted by molar-refractivity contribution is 5.63. The van der Waals surface area contributed by atoms with E-state index in [2.05, 4.69) is 10.6 Å². The molecule has 1 fully saturated rings. The second kappa shape index (κ2) is 5.68. The van der Waals surface area contributed by atoms with Gasteiger partial charge in [-0.15, -0.1) is 0 Å². The summed E-state index contributed by atoms with van der Waals surface area (Å²) >= 11 is 0. The molecule has 1 unspecified atom stereocenters. The zero-order valence-electron chi connectivity index (χ0n) is 10.3. The molecule has 6 heteroatoms. The Bertz CT molecular complexity index is 431. The molecule has 0 saturated carbocycles. The number of nitro groups is 1. The number of nitro benzene ring substituents is 1. The van der Waals surface area contributed by atoms with Gasteiger partial charge in [-0.3, -0.25) is 10.1 Å². The predicted molar refractivity (Wildman–Crippen MR) is 70.1 cm³/mol. The molecule has 0 bridgehead atoms. The maximum absolute atomic E-state index is 10.8. The number of nitrogens with zero attached hydrogens (tertiary/aromatic N) is 1. The van der Waals surface area contributed by atoms with Gasteiger partial charge >= 0.3 is 0 Å². The van der Waals surface area contributed by atoms with Crippen LogP contribution in [0.4, 0.5) is 17.1 Å². The highest BCUT2D eigenvalue weighted by atomic mass is 16.6. The zero-order chi connectivity index (χ0) is 13.0. The van der Waals surface area contributed by atoms with Crippen LogP contribution in [0.5, 0.6) is 0 Å². The lowest BCUT2D eigenvalue weighted by atomic mass is 10.2. The first-order valence-electron chi connectivity index (χ1n) is 6.02. The molecule has 2 N–H and O–H groups in total. The van der Waals surface area contributed by atoms with E-state index < -0.39 is 4.92 Å². The standard InChI is InChI=1S/C12H17N3O3/c1-13-9-5-10(7-11(6-9)15(16)17)14-8-12-3-2-4-18-12/h5-7,12-14H,2-4,8H2,1H3. The van der Waals surface area contributed by atoms with Gasteiger partial charge < -0.3 is 15.4 Å². The summed E-state index contributed by atoms with van der Waals surface area (Å²) in [6.07, 6.45) is 2.34. The third kappa shape index (κ3) is 3.10. The third-order valence-electron chi connectivity index (χ3n) is 2.98. The molecule has 1 aromatic carbocycles. The SMILES string of the molecule is CNc1cc(NCC2CCCO2)cc([N+](=O)[O-])c1. The van der Waals surface area contributed by atoms with Gasteiger partial charge in [-0.25, -0.2) is 0 Å². The van der Waals surface area contributed by atoms with Crippen molar-refractivity contribution in [2.45, 2.75) is 18.9 Å². The summed E-state index contributed by atoms with van der Waals surface area (Å²) in [6.45, 7) is 1.49. The van der Waals surface area contributed by atoms with Crippen LogP contribution in [0, 0.1) is 10.1 Å². The van der Waals surface area contributed by atoms with Crippen LogP contribution in [0.2, 0.25) is 0 Å². The Morgan fingerprint density at radius 1 is 1.44 bits per heavy atom. The van der Waals surface area contributed by atoms with Crippen LogP contribution in [0.15, 0.2) is 18.2 Å². The molecule has 98 valence electrons. The van der Waals surface area contributed by atoms with Gasteiger partial charge in [0, 0.05) is 43.7 Å². The highest BCUT2D eigenvalue weighted by Gasteiger charge is 2.16. The normalized spacial score (nSPS) is 18.6. The molecule has 1 heterocycles. The molecule has 1 aliphatic rings. The minimum atomic E-state index is -0.391. The van der Waals surface area contributed by atoms with Crippen LogP contribution >= 0.6 is 0 Å². The number of nitrogens with one attached hydrogen (secondary N) is 2. The van der Waals surface area contributed by atoms with Gasteiger partial charge in [0.25, 0.3) is 5.69 Å². The van der Waals surface area contributed by atoms with E-state index in [0.717, 1.165) is 30.8 Å². The van der Waals surface area contributed by atoms with Crippen LogP contribution in [-0.4, -0.2) is 31.2 Å². The molecule has 0 aliphatic carbocycles. The van der Waals surface area contributed by atoms with Crippen molar-refractivity contribution < 1.29 is 9.66 Å². The largest absolute Gasteiger partial charge is 0.388 e. The molecule has 0 aromatic heterocycles. The number of benzene rings is 1. The maximum atomic E-state index is 10.8. The Balaban J connectivity index is 2.05. The van der Waals surface area contributed by atoms with Crippen LogP contribution < -0.4 is 10.6 Å². The van der Waals surface area contributed by atoms with E-state index in [-0.39, 0.29) is 11.8 Å². The van der Waals surface area contributed by atoms with E-state index >= 15 is 0 Å². The molecular formula is C12H17N3O3. The minimum Gasteiger partial charge on any atom is -0.388 e. The van der Waals surface area contributed by atoms with Crippen molar-refractivity contribution in [1.29, 1.82) is 0 Å². The van der Waals surface area contributed by atoms with Gasteiger partial charge in [0.2, 0.25) is 0 Å². The van der Waals surface area contributed by atoms with E-state index in [1.807, 2.05) is 6.07 Å². The molecule has 0 amide bonds.